The Hall–Kier alpha value is -2.18. The van der Waals surface area contributed by atoms with Crippen molar-refractivity contribution < 1.29 is 18.9 Å². The van der Waals surface area contributed by atoms with Crippen LogP contribution in [0.3, 0.4) is 0 Å². The summed E-state index contributed by atoms with van der Waals surface area (Å²) < 4.78 is 21.7. The predicted molar refractivity (Wildman–Crippen MR) is 87.4 cm³/mol. The van der Waals surface area contributed by atoms with E-state index in [4.69, 9.17) is 18.9 Å². The predicted octanol–water partition coefficient (Wildman–Crippen LogP) is 2.32. The van der Waals surface area contributed by atoms with Crippen molar-refractivity contribution in [2.45, 2.75) is 26.1 Å². The Morgan fingerprint density at radius 1 is 0.958 bits per heavy atom. The molecule has 2 saturated heterocycles. The van der Waals surface area contributed by atoms with Crippen LogP contribution in [0, 0.1) is 13.8 Å². The first-order valence-corrected chi connectivity index (χ1v) is 8.11. The average molecular weight is 328 g/mol. The number of nitrogens with zero attached hydrogens (tertiary/aromatic N) is 2. The highest BCUT2D eigenvalue weighted by Gasteiger charge is 2.24. The number of hydrogen-bond acceptors (Lipinski definition) is 6. The van der Waals surface area contributed by atoms with Crippen molar-refractivity contribution in [2.24, 2.45) is 0 Å². The zero-order valence-corrected chi connectivity index (χ0v) is 13.8. The van der Waals surface area contributed by atoms with Crippen LogP contribution < -0.4 is 9.47 Å². The topological polar surface area (TPSA) is 69.3 Å². The Morgan fingerprint density at radius 3 is 2.04 bits per heavy atom. The Balaban J connectivity index is 1.47. The maximum Gasteiger partial charge on any atom is 0.159 e. The average Bonchev–Trinajstić information content (AvgIpc) is 3.46. The molecule has 1 aromatic carbocycles. The molecule has 24 heavy (non-hydrogen) atoms. The fraction of sp³-hybridized carbons (Fsp3) is 0.444. The fourth-order valence-corrected chi connectivity index (χ4v) is 2.54. The van der Waals surface area contributed by atoms with Crippen LogP contribution >= 0.6 is 0 Å². The van der Waals surface area contributed by atoms with Crippen molar-refractivity contribution in [3.63, 3.8) is 0 Å². The van der Waals surface area contributed by atoms with Gasteiger partial charge in [0.05, 0.1) is 25.6 Å². The van der Waals surface area contributed by atoms with Crippen LogP contribution in [0.2, 0.25) is 0 Å². The highest BCUT2D eigenvalue weighted by molar-refractivity contribution is 5.61. The van der Waals surface area contributed by atoms with Gasteiger partial charge in [0, 0.05) is 5.56 Å². The molecule has 2 aliphatic heterocycles. The molecule has 1 aromatic heterocycles. The largest absolute Gasteiger partial charge is 0.490 e. The number of ether oxygens (including phenoxy) is 4. The van der Waals surface area contributed by atoms with Gasteiger partial charge in [-0.05, 0) is 37.1 Å². The van der Waals surface area contributed by atoms with Crippen LogP contribution in [0.15, 0.2) is 24.5 Å². The lowest BCUT2D eigenvalue weighted by atomic mass is 10.1. The first-order valence-electron chi connectivity index (χ1n) is 8.11. The van der Waals surface area contributed by atoms with Crippen molar-refractivity contribution in [3.8, 4) is 22.9 Å². The second kappa shape index (κ2) is 6.37. The summed E-state index contributed by atoms with van der Waals surface area (Å²) >= 11 is 0. The molecule has 6 heteroatoms. The fourth-order valence-electron chi connectivity index (χ4n) is 2.54. The molecule has 2 unspecified atom stereocenters. The highest BCUT2D eigenvalue weighted by atomic mass is 16.6. The summed E-state index contributed by atoms with van der Waals surface area (Å²) in [7, 11) is 0. The van der Waals surface area contributed by atoms with Crippen LogP contribution in [-0.4, -0.2) is 48.6 Å². The van der Waals surface area contributed by atoms with Gasteiger partial charge in [-0.15, -0.1) is 0 Å². The van der Waals surface area contributed by atoms with E-state index in [1.54, 1.807) is 12.4 Å². The van der Waals surface area contributed by atoms with Gasteiger partial charge in [0.1, 0.15) is 31.2 Å². The number of hydrogen-bond donors (Lipinski definition) is 0. The van der Waals surface area contributed by atoms with E-state index < -0.39 is 0 Å². The third-order valence-corrected chi connectivity index (χ3v) is 4.00. The molecule has 6 nitrogen and oxygen atoms in total. The number of benzene rings is 1. The van der Waals surface area contributed by atoms with Gasteiger partial charge in [0.25, 0.3) is 0 Å². The van der Waals surface area contributed by atoms with Crippen molar-refractivity contribution >= 4 is 0 Å². The van der Waals surface area contributed by atoms with Crippen LogP contribution in [-0.2, 0) is 9.47 Å². The van der Waals surface area contributed by atoms with Gasteiger partial charge in [-0.1, -0.05) is 0 Å². The summed E-state index contributed by atoms with van der Waals surface area (Å²) in [6.07, 6.45) is 3.87. The summed E-state index contributed by atoms with van der Waals surface area (Å²) in [6, 6.07) is 4.09. The lowest BCUT2D eigenvalue weighted by molar-refractivity contribution is 0.260. The van der Waals surface area contributed by atoms with E-state index in [0.717, 1.165) is 35.7 Å². The molecule has 126 valence electrons. The van der Waals surface area contributed by atoms with Gasteiger partial charge in [0.2, 0.25) is 0 Å². The van der Waals surface area contributed by atoms with Gasteiger partial charge < -0.3 is 18.9 Å². The van der Waals surface area contributed by atoms with Crippen LogP contribution in [0.4, 0.5) is 0 Å². The van der Waals surface area contributed by atoms with Gasteiger partial charge >= 0.3 is 0 Å². The number of epoxide rings is 2. The third-order valence-electron chi connectivity index (χ3n) is 4.00. The van der Waals surface area contributed by atoms with E-state index in [-0.39, 0.29) is 12.2 Å². The van der Waals surface area contributed by atoms with Crippen molar-refractivity contribution in [2.75, 3.05) is 26.4 Å². The maximum atomic E-state index is 5.86. The second-order valence-corrected chi connectivity index (χ2v) is 6.21. The van der Waals surface area contributed by atoms with Crippen LogP contribution in [0.5, 0.6) is 11.5 Å². The Labute approximate surface area is 140 Å². The Bertz CT molecular complexity index is 701. The molecule has 2 fully saturated rings. The number of aryl methyl sites for hydroxylation is 2. The summed E-state index contributed by atoms with van der Waals surface area (Å²) in [6.45, 7) is 6.80. The SMILES string of the molecule is Cc1cc(-c2ncc(OCC3CO3)cn2)cc(C)c1OCC1CO1. The lowest BCUT2D eigenvalue weighted by Crippen LogP contribution is -2.06. The Morgan fingerprint density at radius 2 is 1.50 bits per heavy atom. The summed E-state index contributed by atoms with van der Waals surface area (Å²) in [5.74, 6) is 2.25. The molecule has 0 saturated carbocycles. The molecule has 0 radical (unpaired) electrons. The van der Waals surface area contributed by atoms with Gasteiger partial charge in [-0.25, -0.2) is 9.97 Å². The van der Waals surface area contributed by atoms with Gasteiger partial charge in [0.15, 0.2) is 11.6 Å². The zero-order valence-electron chi connectivity index (χ0n) is 13.8. The number of rotatable bonds is 7. The molecule has 0 bridgehead atoms. The van der Waals surface area contributed by atoms with E-state index in [9.17, 15) is 0 Å². The van der Waals surface area contributed by atoms with E-state index in [1.807, 2.05) is 26.0 Å². The quantitative estimate of drug-likeness (QED) is 0.727. The molecule has 0 N–H and O–H groups in total. The van der Waals surface area contributed by atoms with Crippen molar-refractivity contribution in [1.29, 1.82) is 0 Å². The third kappa shape index (κ3) is 3.66. The summed E-state index contributed by atoms with van der Waals surface area (Å²) in [5.41, 5.74) is 3.11. The van der Waals surface area contributed by atoms with E-state index in [2.05, 4.69) is 9.97 Å². The molecule has 2 aromatic rings. The summed E-state index contributed by atoms with van der Waals surface area (Å²) in [5, 5.41) is 0. The van der Waals surface area contributed by atoms with Crippen molar-refractivity contribution in [1.82, 2.24) is 9.97 Å². The molecule has 0 spiro atoms. The minimum atomic E-state index is 0.226. The zero-order chi connectivity index (χ0) is 16.5. The minimum absolute atomic E-state index is 0.226. The molecule has 4 rings (SSSR count). The minimum Gasteiger partial charge on any atom is -0.490 e. The van der Waals surface area contributed by atoms with Crippen molar-refractivity contribution in [3.05, 3.63) is 35.7 Å². The van der Waals surface area contributed by atoms with Gasteiger partial charge in [-0.3, -0.25) is 0 Å². The normalized spacial score (nSPS) is 21.4. The molecular weight excluding hydrogens is 308 g/mol. The molecule has 2 aliphatic rings. The monoisotopic (exact) mass is 328 g/mol. The standard InChI is InChI=1S/C18H20N2O4/c1-11-3-13(4-12(2)17(11)24-10-16-9-23-16)18-19-5-14(6-20-18)21-7-15-8-22-15/h3-6,15-16H,7-10H2,1-2H3. The van der Waals surface area contributed by atoms with E-state index >= 15 is 0 Å². The van der Waals surface area contributed by atoms with Gasteiger partial charge in [-0.2, -0.15) is 0 Å². The number of aromatic nitrogens is 2. The second-order valence-electron chi connectivity index (χ2n) is 6.21. The lowest BCUT2D eigenvalue weighted by Gasteiger charge is -2.13. The molecule has 0 aliphatic carbocycles. The first kappa shape index (κ1) is 15.4. The first-order chi connectivity index (χ1) is 11.7. The smallest absolute Gasteiger partial charge is 0.159 e. The molecular formula is C18H20N2O4. The van der Waals surface area contributed by atoms with Crippen LogP contribution in [0.1, 0.15) is 11.1 Å². The maximum absolute atomic E-state index is 5.86. The molecule has 0 amide bonds. The van der Waals surface area contributed by atoms with E-state index in [1.165, 1.54) is 0 Å². The molecule has 2 atom stereocenters. The summed E-state index contributed by atoms with van der Waals surface area (Å²) in [4.78, 5) is 8.81. The van der Waals surface area contributed by atoms with Crippen LogP contribution in [0.25, 0.3) is 11.4 Å². The molecule has 3 heterocycles. The van der Waals surface area contributed by atoms with E-state index in [0.29, 0.717) is 24.8 Å². The Kier molecular flexibility index (Phi) is 4.08. The highest BCUT2D eigenvalue weighted by Crippen LogP contribution is 2.29.